The van der Waals surface area contributed by atoms with Crippen LogP contribution in [0.2, 0.25) is 0 Å². The van der Waals surface area contributed by atoms with E-state index in [1.54, 1.807) is 0 Å². The zero-order chi connectivity index (χ0) is 40.3. The molecule has 0 spiro atoms. The van der Waals surface area contributed by atoms with Gasteiger partial charge in [-0.3, -0.25) is 29.4 Å². The van der Waals surface area contributed by atoms with Gasteiger partial charge in [0.1, 0.15) is 17.7 Å². The van der Waals surface area contributed by atoms with E-state index in [4.69, 9.17) is 22.9 Å². The number of amides is 3. The Morgan fingerprint density at radius 1 is 0.709 bits per heavy atom. The Balaban J connectivity index is 1.95. The number of carbonyl (C=O) groups is 3. The van der Waals surface area contributed by atoms with Crippen molar-refractivity contribution in [2.75, 3.05) is 59.5 Å². The van der Waals surface area contributed by atoms with Crippen LogP contribution in [0.3, 0.4) is 0 Å². The van der Waals surface area contributed by atoms with Crippen molar-refractivity contribution in [1.29, 1.82) is 0 Å². The van der Waals surface area contributed by atoms with E-state index in [0.29, 0.717) is 65.9 Å². The second-order valence-corrected chi connectivity index (χ2v) is 15.0. The molecule has 0 atom stereocenters. The largest absolute Gasteiger partial charge is 0.390 e. The van der Waals surface area contributed by atoms with Gasteiger partial charge in [0.15, 0.2) is 5.96 Å². The van der Waals surface area contributed by atoms with E-state index in [1.807, 2.05) is 39.1 Å². The van der Waals surface area contributed by atoms with Crippen LogP contribution in [0.4, 0.5) is 22.7 Å². The molecule has 1 heterocycles. The first-order chi connectivity index (χ1) is 26.4. The molecule has 0 fully saturated rings. The van der Waals surface area contributed by atoms with Gasteiger partial charge in [0.05, 0.1) is 52.6 Å². The van der Waals surface area contributed by atoms with Crippen LogP contribution in [0.1, 0.15) is 90.9 Å². The molecular weight excluding hydrogens is 739 g/mol. The van der Waals surface area contributed by atoms with Gasteiger partial charge >= 0.3 is 0 Å². The lowest BCUT2D eigenvalue weighted by molar-refractivity contribution is -0.116. The van der Waals surface area contributed by atoms with Gasteiger partial charge in [-0.2, -0.15) is 0 Å². The molecule has 18 heteroatoms. The molecular formula is C37H53N13O3S2. The zero-order valence-corrected chi connectivity index (χ0v) is 33.7. The lowest BCUT2D eigenvalue weighted by Crippen LogP contribution is -2.23. The minimum Gasteiger partial charge on any atom is -0.390 e. The summed E-state index contributed by atoms with van der Waals surface area (Å²) in [5.41, 5.74) is 26.1. The second-order valence-electron chi connectivity index (χ2n) is 12.8. The van der Waals surface area contributed by atoms with Crippen molar-refractivity contribution in [3.8, 4) is 0 Å². The van der Waals surface area contributed by atoms with Gasteiger partial charge in [-0.25, -0.2) is 9.97 Å². The van der Waals surface area contributed by atoms with Crippen molar-refractivity contribution >= 4 is 82.6 Å². The molecule has 0 aliphatic carbocycles. The fraction of sp³-hybridized carbons (Fsp3) is 0.405. The Bertz CT molecular complexity index is 1860. The smallest absolute Gasteiger partial charge is 0.274 e. The summed E-state index contributed by atoms with van der Waals surface area (Å²) >= 11 is 2.91. The summed E-state index contributed by atoms with van der Waals surface area (Å²) in [7, 11) is 1.83. The van der Waals surface area contributed by atoms with E-state index in [0.717, 1.165) is 21.7 Å². The quantitative estimate of drug-likeness (QED) is 0.0313. The number of nitrogens with two attached hydrogens (primary N) is 4. The highest BCUT2D eigenvalue weighted by Gasteiger charge is 2.21. The monoisotopic (exact) mass is 791 g/mol. The van der Waals surface area contributed by atoms with E-state index in [1.165, 1.54) is 48.6 Å². The normalized spacial score (nSPS) is 11.3. The van der Waals surface area contributed by atoms with Crippen molar-refractivity contribution in [2.45, 2.75) is 68.6 Å². The summed E-state index contributed by atoms with van der Waals surface area (Å²) < 4.78 is 0. The first-order valence-corrected chi connectivity index (χ1v) is 19.8. The van der Waals surface area contributed by atoms with Gasteiger partial charge in [0, 0.05) is 43.3 Å². The third-order valence-corrected chi connectivity index (χ3v) is 10.2. The van der Waals surface area contributed by atoms with Crippen molar-refractivity contribution in [2.24, 2.45) is 37.9 Å². The van der Waals surface area contributed by atoms with Crippen LogP contribution < -0.4 is 44.2 Å². The number of aromatic nitrogens is 2. The average Bonchev–Trinajstić information content (AvgIpc) is 3.15. The summed E-state index contributed by atoms with van der Waals surface area (Å²) in [6, 6.07) is 9.10. The van der Waals surface area contributed by atoms with Crippen molar-refractivity contribution in [3.63, 3.8) is 0 Å². The highest BCUT2D eigenvalue weighted by atomic mass is 32.2. The lowest BCUT2D eigenvalue weighted by Gasteiger charge is -2.19. The van der Waals surface area contributed by atoms with Crippen LogP contribution >= 0.6 is 23.5 Å². The number of nitrogens with zero attached hydrogens (tertiary/aromatic N) is 5. The Hall–Kier alpha value is -5.36. The standard InChI is InChI=1S/C37H53N13O3S2/c1-22(2)24-14-26(42-5)33(54-12-10-44-20-39)28(16-24)49-35(52)30-18-31(47-21-46-30)36(53)50-29-17-25(23(3)4)15-27(34(29)55-13-11-45-37(40)41)48-32(51)8-6-7-9-43-19-38/h14-23,42H,6-13H2,1-5H3,(H2,38,43)(H2,39,44)(H,48,51)(H,49,52)(H,50,53)(H4,40,41,45). The molecule has 0 saturated heterocycles. The Morgan fingerprint density at radius 3 is 1.71 bits per heavy atom. The summed E-state index contributed by atoms with van der Waals surface area (Å²) in [6.07, 6.45) is 5.30. The molecule has 0 aliphatic heterocycles. The molecule has 0 saturated carbocycles. The third kappa shape index (κ3) is 14.1. The van der Waals surface area contributed by atoms with Crippen LogP contribution in [-0.4, -0.2) is 84.5 Å². The maximum Gasteiger partial charge on any atom is 0.274 e. The van der Waals surface area contributed by atoms with E-state index < -0.39 is 11.8 Å². The van der Waals surface area contributed by atoms with Crippen LogP contribution in [0.5, 0.6) is 0 Å². The van der Waals surface area contributed by atoms with E-state index >= 15 is 0 Å². The van der Waals surface area contributed by atoms with Crippen molar-refractivity contribution < 1.29 is 14.4 Å². The van der Waals surface area contributed by atoms with Crippen molar-refractivity contribution in [1.82, 2.24) is 9.97 Å². The predicted molar refractivity (Wildman–Crippen MR) is 228 cm³/mol. The lowest BCUT2D eigenvalue weighted by atomic mass is 10.0. The highest BCUT2D eigenvalue weighted by Crippen LogP contribution is 2.39. The van der Waals surface area contributed by atoms with Crippen molar-refractivity contribution in [3.05, 3.63) is 59.2 Å². The number of benzene rings is 2. The highest BCUT2D eigenvalue weighted by molar-refractivity contribution is 7.99. The van der Waals surface area contributed by atoms with E-state index in [-0.39, 0.29) is 41.5 Å². The first kappa shape index (κ1) is 44.0. The molecule has 0 radical (unpaired) electrons. The number of anilines is 4. The summed E-state index contributed by atoms with van der Waals surface area (Å²) in [4.78, 5) is 62.6. The minimum absolute atomic E-state index is 0.00217. The molecule has 296 valence electrons. The molecule has 0 bridgehead atoms. The molecule has 1 aromatic heterocycles. The fourth-order valence-electron chi connectivity index (χ4n) is 5.10. The Labute approximate surface area is 331 Å². The number of guanidine groups is 1. The van der Waals surface area contributed by atoms with Gasteiger partial charge in [-0.05, 0) is 60.1 Å². The zero-order valence-electron chi connectivity index (χ0n) is 32.0. The number of unbranched alkanes of at least 4 members (excludes halogenated alkanes) is 1. The number of hydrogen-bond donors (Lipinski definition) is 8. The molecule has 2 aromatic carbocycles. The molecule has 0 unspecified atom stereocenters. The molecule has 12 N–H and O–H groups in total. The van der Waals surface area contributed by atoms with Crippen LogP contribution in [0.25, 0.3) is 0 Å². The van der Waals surface area contributed by atoms with E-state index in [2.05, 4.69) is 66.1 Å². The van der Waals surface area contributed by atoms with Gasteiger partial charge in [0.2, 0.25) is 5.91 Å². The number of hydrogen-bond acceptors (Lipinski definition) is 11. The molecule has 3 rings (SSSR count). The minimum atomic E-state index is -0.572. The third-order valence-electron chi connectivity index (χ3n) is 7.98. The molecule has 16 nitrogen and oxygen atoms in total. The molecule has 3 amide bonds. The SMILES string of the molecule is CNc1cc(C(C)C)cc(NC(=O)c2cc(C(=O)Nc3cc(C(C)C)cc(NC(=O)CCCCN=CN)c3SCCN=C(N)N)ncn2)c1SCCN=CN. The predicted octanol–water partition coefficient (Wildman–Crippen LogP) is 4.81. The molecule has 0 aliphatic rings. The fourth-order valence-corrected chi connectivity index (χ4v) is 7.00. The summed E-state index contributed by atoms with van der Waals surface area (Å²) in [6.45, 7) is 9.52. The van der Waals surface area contributed by atoms with Gasteiger partial charge < -0.3 is 44.2 Å². The number of nitrogens with one attached hydrogen (secondary N) is 4. The van der Waals surface area contributed by atoms with Crippen LogP contribution in [0.15, 0.2) is 61.4 Å². The average molecular weight is 792 g/mol. The maximum absolute atomic E-state index is 13.9. The number of aliphatic imine (C=N–C) groups is 3. The van der Waals surface area contributed by atoms with E-state index in [9.17, 15) is 14.4 Å². The number of carbonyl (C=O) groups excluding carboxylic acids is 3. The number of rotatable bonds is 21. The topological polar surface area (TPSA) is 266 Å². The van der Waals surface area contributed by atoms with Gasteiger partial charge in [-0.15, -0.1) is 23.5 Å². The Morgan fingerprint density at radius 2 is 1.20 bits per heavy atom. The number of thioether (sulfide) groups is 2. The maximum atomic E-state index is 13.9. The van der Waals surface area contributed by atoms with Crippen LogP contribution in [0, 0.1) is 0 Å². The summed E-state index contributed by atoms with van der Waals surface area (Å²) in [5, 5.41) is 12.2. The molecule has 3 aromatic rings. The Kier molecular flexibility index (Phi) is 18.2. The van der Waals surface area contributed by atoms with Crippen LogP contribution in [-0.2, 0) is 4.79 Å². The van der Waals surface area contributed by atoms with Gasteiger partial charge in [-0.1, -0.05) is 27.7 Å². The first-order valence-electron chi connectivity index (χ1n) is 17.9. The van der Waals surface area contributed by atoms with Gasteiger partial charge in [0.25, 0.3) is 11.8 Å². The second kappa shape index (κ2) is 22.8. The summed E-state index contributed by atoms with van der Waals surface area (Å²) in [5.74, 6) is 0.0274. The molecule has 55 heavy (non-hydrogen) atoms.